The Kier molecular flexibility index (Phi) is 3.58. The summed E-state index contributed by atoms with van der Waals surface area (Å²) < 4.78 is 0. The summed E-state index contributed by atoms with van der Waals surface area (Å²) in [6, 6.07) is 9.09. The first kappa shape index (κ1) is 12.6. The maximum atomic E-state index is 9.52. The fourth-order valence-electron chi connectivity index (χ4n) is 2.66. The Hall–Kier alpha value is -0.820. The number of hydrogen-bond acceptors (Lipinski definition) is 1. The van der Waals surface area contributed by atoms with E-state index in [1.807, 2.05) is 0 Å². The summed E-state index contributed by atoms with van der Waals surface area (Å²) >= 11 is 0. The van der Waals surface area contributed by atoms with Crippen LogP contribution < -0.4 is 0 Å². The lowest BCUT2D eigenvalue weighted by molar-refractivity contribution is 0.122. The monoisotopic (exact) mass is 232 g/mol. The number of hydrogen-bond donors (Lipinski definition) is 1. The van der Waals surface area contributed by atoms with Crippen molar-refractivity contribution in [1.82, 2.24) is 0 Å². The molecule has 0 aromatic heterocycles. The number of aliphatic hydroxyl groups is 1. The molecular formula is C16H24O. The highest BCUT2D eigenvalue weighted by Gasteiger charge is 2.21. The van der Waals surface area contributed by atoms with E-state index in [2.05, 4.69) is 45.0 Å². The molecule has 1 heteroatoms. The van der Waals surface area contributed by atoms with E-state index in [0.717, 1.165) is 25.7 Å². The Balaban J connectivity index is 2.08. The van der Waals surface area contributed by atoms with Gasteiger partial charge < -0.3 is 5.11 Å². The van der Waals surface area contributed by atoms with Crippen LogP contribution in [0, 0.1) is 0 Å². The maximum absolute atomic E-state index is 9.52. The van der Waals surface area contributed by atoms with E-state index in [4.69, 9.17) is 0 Å². The van der Waals surface area contributed by atoms with Gasteiger partial charge in [-0.15, -0.1) is 0 Å². The van der Waals surface area contributed by atoms with Crippen LogP contribution in [0.3, 0.4) is 0 Å². The number of rotatable bonds is 1. The summed E-state index contributed by atoms with van der Waals surface area (Å²) in [5.74, 6) is 0.660. The molecule has 17 heavy (non-hydrogen) atoms. The molecule has 1 N–H and O–H groups in total. The quantitative estimate of drug-likeness (QED) is 0.776. The summed E-state index contributed by atoms with van der Waals surface area (Å²) in [5.41, 5.74) is 3.09. The average molecular weight is 232 g/mol. The molecule has 0 atom stereocenters. The van der Waals surface area contributed by atoms with E-state index in [-0.39, 0.29) is 11.5 Å². The van der Waals surface area contributed by atoms with E-state index in [0.29, 0.717) is 5.92 Å². The van der Waals surface area contributed by atoms with E-state index in [9.17, 15) is 5.11 Å². The summed E-state index contributed by atoms with van der Waals surface area (Å²) in [5, 5.41) is 9.52. The largest absolute Gasteiger partial charge is 0.393 e. The normalized spacial score (nSPS) is 25.9. The highest BCUT2D eigenvalue weighted by Crippen LogP contribution is 2.33. The molecule has 0 aliphatic heterocycles. The van der Waals surface area contributed by atoms with Crippen molar-refractivity contribution in [3.8, 4) is 0 Å². The second-order valence-electron chi connectivity index (χ2n) is 6.38. The lowest BCUT2D eigenvalue weighted by Crippen LogP contribution is -2.17. The van der Waals surface area contributed by atoms with Crippen LogP contribution in [0.15, 0.2) is 24.3 Å². The fourth-order valence-corrected chi connectivity index (χ4v) is 2.66. The van der Waals surface area contributed by atoms with Gasteiger partial charge in [0.1, 0.15) is 0 Å². The minimum Gasteiger partial charge on any atom is -0.393 e. The molecule has 0 amide bonds. The van der Waals surface area contributed by atoms with Crippen LogP contribution in [0.1, 0.15) is 63.5 Å². The Bertz CT molecular complexity index is 350. The first-order chi connectivity index (χ1) is 7.97. The smallest absolute Gasteiger partial charge is 0.0540 e. The summed E-state index contributed by atoms with van der Waals surface area (Å²) in [6.45, 7) is 6.75. The Labute approximate surface area is 105 Å². The van der Waals surface area contributed by atoms with Crippen LogP contribution >= 0.6 is 0 Å². The molecule has 0 unspecified atom stereocenters. The molecule has 0 radical (unpaired) electrons. The van der Waals surface area contributed by atoms with Crippen molar-refractivity contribution in [1.29, 1.82) is 0 Å². The molecule has 1 fully saturated rings. The second-order valence-corrected chi connectivity index (χ2v) is 6.38. The lowest BCUT2D eigenvalue weighted by atomic mass is 9.81. The molecular weight excluding hydrogens is 208 g/mol. The minimum absolute atomic E-state index is 0.0555. The molecule has 2 rings (SSSR count). The van der Waals surface area contributed by atoms with Gasteiger partial charge in [0.05, 0.1) is 6.10 Å². The van der Waals surface area contributed by atoms with Crippen LogP contribution in [-0.4, -0.2) is 11.2 Å². The highest BCUT2D eigenvalue weighted by molar-refractivity contribution is 5.29. The van der Waals surface area contributed by atoms with Crippen molar-refractivity contribution < 1.29 is 5.11 Å². The molecule has 0 heterocycles. The zero-order valence-corrected chi connectivity index (χ0v) is 11.2. The summed E-state index contributed by atoms with van der Waals surface area (Å²) in [6.07, 6.45) is 4.14. The molecule has 0 spiro atoms. The van der Waals surface area contributed by atoms with Crippen LogP contribution in [-0.2, 0) is 5.41 Å². The predicted molar refractivity (Wildman–Crippen MR) is 72.4 cm³/mol. The zero-order chi connectivity index (χ0) is 12.5. The van der Waals surface area contributed by atoms with Gasteiger partial charge in [0.25, 0.3) is 0 Å². The van der Waals surface area contributed by atoms with Gasteiger partial charge in [-0.1, -0.05) is 45.0 Å². The van der Waals surface area contributed by atoms with Crippen molar-refractivity contribution in [2.45, 2.75) is 63.9 Å². The minimum atomic E-state index is -0.0555. The summed E-state index contributed by atoms with van der Waals surface area (Å²) in [4.78, 5) is 0. The van der Waals surface area contributed by atoms with Crippen molar-refractivity contribution in [3.63, 3.8) is 0 Å². The molecule has 1 aromatic carbocycles. The van der Waals surface area contributed by atoms with Gasteiger partial charge in [-0.3, -0.25) is 0 Å². The van der Waals surface area contributed by atoms with E-state index < -0.39 is 0 Å². The van der Waals surface area contributed by atoms with Crippen LogP contribution in [0.5, 0.6) is 0 Å². The number of aliphatic hydroxyl groups excluding tert-OH is 1. The predicted octanol–water partition coefficient (Wildman–Crippen LogP) is 4.00. The van der Waals surface area contributed by atoms with E-state index in [1.165, 1.54) is 11.1 Å². The van der Waals surface area contributed by atoms with Crippen LogP contribution in [0.4, 0.5) is 0 Å². The van der Waals surface area contributed by atoms with E-state index >= 15 is 0 Å². The maximum Gasteiger partial charge on any atom is 0.0540 e. The molecule has 1 saturated carbocycles. The summed E-state index contributed by atoms with van der Waals surface area (Å²) in [7, 11) is 0. The van der Waals surface area contributed by atoms with Gasteiger partial charge in [0.2, 0.25) is 0 Å². The fraction of sp³-hybridized carbons (Fsp3) is 0.625. The first-order valence-electron chi connectivity index (χ1n) is 6.75. The third-order valence-corrected chi connectivity index (χ3v) is 3.94. The SMILES string of the molecule is CC(C)(C)c1ccc(C2CCC(O)CC2)cc1. The standard InChI is InChI=1S/C16H24O/c1-16(2,3)14-8-4-12(5-9-14)13-6-10-15(17)11-7-13/h4-5,8-9,13,15,17H,6-7,10-11H2,1-3H3. The van der Waals surface area contributed by atoms with Crippen molar-refractivity contribution in [2.75, 3.05) is 0 Å². The third-order valence-electron chi connectivity index (χ3n) is 3.94. The van der Waals surface area contributed by atoms with Gasteiger partial charge in [-0.05, 0) is 48.1 Å². The van der Waals surface area contributed by atoms with E-state index in [1.54, 1.807) is 0 Å². The molecule has 1 aliphatic rings. The second kappa shape index (κ2) is 4.81. The van der Waals surface area contributed by atoms with Crippen LogP contribution in [0.2, 0.25) is 0 Å². The molecule has 0 saturated heterocycles. The lowest BCUT2D eigenvalue weighted by Gasteiger charge is -2.26. The third kappa shape index (κ3) is 3.10. The Morgan fingerprint density at radius 2 is 1.47 bits per heavy atom. The number of benzene rings is 1. The molecule has 1 aromatic rings. The van der Waals surface area contributed by atoms with Crippen molar-refractivity contribution in [2.24, 2.45) is 0 Å². The molecule has 94 valence electrons. The van der Waals surface area contributed by atoms with Crippen molar-refractivity contribution >= 4 is 0 Å². The van der Waals surface area contributed by atoms with Crippen LogP contribution in [0.25, 0.3) is 0 Å². The molecule has 1 aliphatic carbocycles. The Morgan fingerprint density at radius 3 is 1.94 bits per heavy atom. The topological polar surface area (TPSA) is 20.2 Å². The molecule has 0 bridgehead atoms. The van der Waals surface area contributed by atoms with Gasteiger partial charge in [-0.25, -0.2) is 0 Å². The zero-order valence-electron chi connectivity index (χ0n) is 11.2. The first-order valence-corrected chi connectivity index (χ1v) is 6.75. The van der Waals surface area contributed by atoms with Gasteiger partial charge in [0, 0.05) is 0 Å². The van der Waals surface area contributed by atoms with Gasteiger partial charge in [0.15, 0.2) is 0 Å². The van der Waals surface area contributed by atoms with Crippen molar-refractivity contribution in [3.05, 3.63) is 35.4 Å². The molecule has 1 nitrogen and oxygen atoms in total. The van der Waals surface area contributed by atoms with Gasteiger partial charge >= 0.3 is 0 Å². The van der Waals surface area contributed by atoms with Gasteiger partial charge in [-0.2, -0.15) is 0 Å². The average Bonchev–Trinajstić information content (AvgIpc) is 2.29. The highest BCUT2D eigenvalue weighted by atomic mass is 16.3. The Morgan fingerprint density at radius 1 is 0.941 bits per heavy atom.